The zero-order chi connectivity index (χ0) is 11.3. The molecule has 1 fully saturated rings. The maximum Gasteiger partial charge on any atom is 0.317 e. The number of aliphatic hydroxyl groups excluding tert-OH is 1. The van der Waals surface area contributed by atoms with E-state index in [1.807, 2.05) is 6.92 Å². The Hall–Kier alpha value is -0.770. The van der Waals surface area contributed by atoms with Gasteiger partial charge in [-0.1, -0.05) is 19.8 Å². The van der Waals surface area contributed by atoms with Crippen LogP contribution in [0.15, 0.2) is 0 Å². The number of likely N-dealkylation sites (N-methyl/N-ethyl adjacent to an activating group) is 1. The highest BCUT2D eigenvalue weighted by molar-refractivity contribution is 5.74. The second kappa shape index (κ2) is 5.95. The number of hydrogen-bond acceptors (Lipinski definition) is 2. The molecular formula is C11H22N2O2. The summed E-state index contributed by atoms with van der Waals surface area (Å²) in [4.78, 5) is 13.3. The van der Waals surface area contributed by atoms with E-state index in [-0.39, 0.29) is 18.2 Å². The predicted molar refractivity (Wildman–Crippen MR) is 59.7 cm³/mol. The fourth-order valence-corrected chi connectivity index (χ4v) is 2.05. The molecule has 2 amide bonds. The van der Waals surface area contributed by atoms with Gasteiger partial charge in [-0.05, 0) is 19.3 Å². The highest BCUT2D eigenvalue weighted by Gasteiger charge is 2.28. The molecule has 4 nitrogen and oxygen atoms in total. The minimum atomic E-state index is -0.351. The summed E-state index contributed by atoms with van der Waals surface area (Å²) in [6, 6.07) is -0.0709. The molecule has 0 aromatic rings. The first-order chi connectivity index (χ1) is 7.16. The van der Waals surface area contributed by atoms with Gasteiger partial charge in [0.25, 0.3) is 0 Å². The molecule has 0 heterocycles. The maximum absolute atomic E-state index is 11.7. The van der Waals surface area contributed by atoms with E-state index < -0.39 is 0 Å². The van der Waals surface area contributed by atoms with Gasteiger partial charge in [-0.15, -0.1) is 0 Å². The molecule has 88 valence electrons. The lowest BCUT2D eigenvalue weighted by Crippen LogP contribution is -2.50. The summed E-state index contributed by atoms with van der Waals surface area (Å²) in [5, 5.41) is 12.6. The number of carbonyl (C=O) groups is 1. The second-order valence-electron chi connectivity index (χ2n) is 4.26. The van der Waals surface area contributed by atoms with E-state index in [9.17, 15) is 9.90 Å². The third-order valence-corrected chi connectivity index (χ3v) is 3.04. The van der Waals surface area contributed by atoms with Crippen molar-refractivity contribution in [3.05, 3.63) is 0 Å². The normalized spacial score (nSPS) is 26.1. The van der Waals surface area contributed by atoms with E-state index in [4.69, 9.17) is 0 Å². The van der Waals surface area contributed by atoms with Gasteiger partial charge >= 0.3 is 6.03 Å². The molecule has 2 N–H and O–H groups in total. The summed E-state index contributed by atoms with van der Waals surface area (Å²) in [6.07, 6.45) is 4.49. The van der Waals surface area contributed by atoms with Crippen LogP contribution in [0.2, 0.25) is 0 Å². The maximum atomic E-state index is 11.7. The Balaban J connectivity index is 2.42. The molecule has 15 heavy (non-hydrogen) atoms. The Morgan fingerprint density at radius 3 is 2.73 bits per heavy atom. The first kappa shape index (κ1) is 12.3. The van der Waals surface area contributed by atoms with E-state index in [1.54, 1.807) is 11.9 Å². The van der Waals surface area contributed by atoms with Crippen LogP contribution in [-0.2, 0) is 0 Å². The van der Waals surface area contributed by atoms with Gasteiger partial charge in [0.15, 0.2) is 0 Å². The van der Waals surface area contributed by atoms with E-state index in [2.05, 4.69) is 5.32 Å². The molecule has 0 bridgehead atoms. The van der Waals surface area contributed by atoms with Crippen molar-refractivity contribution >= 4 is 6.03 Å². The SMILES string of the molecule is CCCNC(=O)N(C)[C@@H]1CCCC[C@H]1O. The minimum absolute atomic E-state index is 0.00407. The second-order valence-corrected chi connectivity index (χ2v) is 4.26. The molecule has 0 radical (unpaired) electrons. The van der Waals surface area contributed by atoms with Gasteiger partial charge in [-0.25, -0.2) is 4.79 Å². The smallest absolute Gasteiger partial charge is 0.317 e. The number of rotatable bonds is 3. The summed E-state index contributed by atoms with van der Waals surface area (Å²) < 4.78 is 0. The van der Waals surface area contributed by atoms with Gasteiger partial charge in [0.2, 0.25) is 0 Å². The zero-order valence-corrected chi connectivity index (χ0v) is 9.70. The number of nitrogens with one attached hydrogen (secondary N) is 1. The van der Waals surface area contributed by atoms with Crippen LogP contribution in [0.25, 0.3) is 0 Å². The average Bonchev–Trinajstić information content (AvgIpc) is 2.25. The van der Waals surface area contributed by atoms with E-state index >= 15 is 0 Å². The van der Waals surface area contributed by atoms with Gasteiger partial charge < -0.3 is 15.3 Å². The molecule has 0 spiro atoms. The highest BCUT2D eigenvalue weighted by Crippen LogP contribution is 2.22. The van der Waals surface area contributed by atoms with Crippen LogP contribution in [0, 0.1) is 0 Å². The summed E-state index contributed by atoms with van der Waals surface area (Å²) >= 11 is 0. The average molecular weight is 214 g/mol. The standard InChI is InChI=1S/C11H22N2O2/c1-3-8-12-11(15)13(2)9-6-4-5-7-10(9)14/h9-10,14H,3-8H2,1-2H3,(H,12,15)/t9-,10-/m1/s1. The summed E-state index contributed by atoms with van der Waals surface area (Å²) in [5.41, 5.74) is 0. The van der Waals surface area contributed by atoms with Crippen LogP contribution >= 0.6 is 0 Å². The van der Waals surface area contributed by atoms with Crippen LogP contribution in [0.1, 0.15) is 39.0 Å². The van der Waals surface area contributed by atoms with E-state index in [0.29, 0.717) is 6.54 Å². The van der Waals surface area contributed by atoms with Crippen LogP contribution in [0.5, 0.6) is 0 Å². The van der Waals surface area contributed by atoms with Crippen LogP contribution in [0.4, 0.5) is 4.79 Å². The molecule has 1 rings (SSSR count). The van der Waals surface area contributed by atoms with Crippen molar-refractivity contribution in [3.8, 4) is 0 Å². The van der Waals surface area contributed by atoms with Crippen LogP contribution in [0.3, 0.4) is 0 Å². The zero-order valence-electron chi connectivity index (χ0n) is 9.70. The molecule has 1 saturated carbocycles. The van der Waals surface area contributed by atoms with Crippen molar-refractivity contribution < 1.29 is 9.90 Å². The third-order valence-electron chi connectivity index (χ3n) is 3.04. The fourth-order valence-electron chi connectivity index (χ4n) is 2.05. The fraction of sp³-hybridized carbons (Fsp3) is 0.909. The summed E-state index contributed by atoms with van der Waals surface area (Å²) in [7, 11) is 1.77. The number of nitrogens with zero attached hydrogens (tertiary/aromatic N) is 1. The first-order valence-corrected chi connectivity index (χ1v) is 5.85. The van der Waals surface area contributed by atoms with Crippen molar-refractivity contribution in [2.45, 2.75) is 51.2 Å². The Bertz CT molecular complexity index is 209. The van der Waals surface area contributed by atoms with Crippen molar-refractivity contribution in [2.24, 2.45) is 0 Å². The minimum Gasteiger partial charge on any atom is -0.391 e. The number of aliphatic hydroxyl groups is 1. The Morgan fingerprint density at radius 1 is 1.47 bits per heavy atom. The van der Waals surface area contributed by atoms with Crippen molar-refractivity contribution in [2.75, 3.05) is 13.6 Å². The van der Waals surface area contributed by atoms with Gasteiger partial charge in [-0.3, -0.25) is 0 Å². The van der Waals surface area contributed by atoms with Crippen molar-refractivity contribution in [3.63, 3.8) is 0 Å². The largest absolute Gasteiger partial charge is 0.391 e. The lowest BCUT2D eigenvalue weighted by molar-refractivity contribution is 0.0466. The topological polar surface area (TPSA) is 52.6 Å². The summed E-state index contributed by atoms with van der Waals surface area (Å²) in [5.74, 6) is 0. The lowest BCUT2D eigenvalue weighted by atomic mass is 9.92. The number of urea groups is 1. The van der Waals surface area contributed by atoms with Crippen molar-refractivity contribution in [1.29, 1.82) is 0 Å². The summed E-state index contributed by atoms with van der Waals surface area (Å²) in [6.45, 7) is 2.72. The molecule has 0 saturated heterocycles. The predicted octanol–water partition coefficient (Wildman–Crippen LogP) is 1.34. The van der Waals surface area contributed by atoms with Crippen molar-refractivity contribution in [1.82, 2.24) is 10.2 Å². The molecule has 2 atom stereocenters. The molecule has 0 unspecified atom stereocenters. The van der Waals surface area contributed by atoms with Crippen LogP contribution < -0.4 is 5.32 Å². The lowest BCUT2D eigenvalue weighted by Gasteiger charge is -2.35. The molecule has 0 aliphatic heterocycles. The van der Waals surface area contributed by atoms with E-state index in [1.165, 1.54) is 0 Å². The Labute approximate surface area is 91.6 Å². The van der Waals surface area contributed by atoms with E-state index in [0.717, 1.165) is 32.1 Å². The molecule has 1 aliphatic rings. The molecule has 4 heteroatoms. The number of hydrogen-bond donors (Lipinski definition) is 2. The van der Waals surface area contributed by atoms with Crippen LogP contribution in [-0.4, -0.2) is 41.8 Å². The molecule has 1 aliphatic carbocycles. The Morgan fingerprint density at radius 2 is 2.13 bits per heavy atom. The number of carbonyl (C=O) groups excluding carboxylic acids is 1. The molecule has 0 aromatic heterocycles. The molecule has 0 aromatic carbocycles. The monoisotopic (exact) mass is 214 g/mol. The Kier molecular flexibility index (Phi) is 4.88. The highest BCUT2D eigenvalue weighted by atomic mass is 16.3. The van der Waals surface area contributed by atoms with Gasteiger partial charge in [-0.2, -0.15) is 0 Å². The van der Waals surface area contributed by atoms with Gasteiger partial charge in [0, 0.05) is 13.6 Å². The molecular weight excluding hydrogens is 192 g/mol. The van der Waals surface area contributed by atoms with Gasteiger partial charge in [0.05, 0.1) is 12.1 Å². The third kappa shape index (κ3) is 3.38. The first-order valence-electron chi connectivity index (χ1n) is 5.85. The quantitative estimate of drug-likeness (QED) is 0.745. The van der Waals surface area contributed by atoms with Gasteiger partial charge in [0.1, 0.15) is 0 Å². The number of amides is 2.